The fraction of sp³-hybridized carbons (Fsp3) is 1.00. The van der Waals surface area contributed by atoms with Gasteiger partial charge in [0.15, 0.2) is 0 Å². The van der Waals surface area contributed by atoms with E-state index in [-0.39, 0.29) is 0 Å². The Morgan fingerprint density at radius 1 is 0.909 bits per heavy atom. The van der Waals surface area contributed by atoms with Crippen LogP contribution in [0.1, 0.15) is 25.7 Å². The van der Waals surface area contributed by atoms with E-state index in [4.69, 9.17) is 0 Å². The van der Waals surface area contributed by atoms with Crippen LogP contribution in [-0.4, -0.2) is 13.2 Å². The average molecular weight is 224 g/mol. The lowest BCUT2D eigenvalue weighted by Gasteiger charge is -2.09. The zero-order chi connectivity index (χ0) is 7.95. The number of rotatable bonds is 4. The SMILES string of the molecule is SC1(SCSC2(S)CC2)CC1. The van der Waals surface area contributed by atoms with Gasteiger partial charge in [-0.05, 0) is 25.7 Å². The van der Waals surface area contributed by atoms with E-state index in [1.54, 1.807) is 0 Å². The Bertz CT molecular complexity index is 142. The van der Waals surface area contributed by atoms with Crippen molar-refractivity contribution < 1.29 is 0 Å². The standard InChI is InChI=1S/C7H12S4/c8-6(1-2-6)10-5-11-7(9)3-4-7/h8-9H,1-5H2. The molecule has 64 valence electrons. The van der Waals surface area contributed by atoms with Crippen LogP contribution in [0.3, 0.4) is 0 Å². The number of thioether (sulfide) groups is 2. The average Bonchev–Trinajstić information content (AvgIpc) is 2.78. The monoisotopic (exact) mass is 224 g/mol. The molecule has 0 bridgehead atoms. The first kappa shape index (κ1) is 8.97. The van der Waals surface area contributed by atoms with Crippen LogP contribution < -0.4 is 0 Å². The molecule has 0 radical (unpaired) electrons. The van der Waals surface area contributed by atoms with Crippen molar-refractivity contribution in [2.24, 2.45) is 0 Å². The molecule has 2 aliphatic carbocycles. The molecule has 0 aliphatic heterocycles. The second-order valence-corrected chi connectivity index (χ2v) is 8.70. The van der Waals surface area contributed by atoms with E-state index in [0.717, 1.165) is 0 Å². The minimum absolute atomic E-state index is 0.353. The maximum atomic E-state index is 4.54. The molecule has 0 atom stereocenters. The molecule has 0 N–H and O–H groups in total. The maximum absolute atomic E-state index is 4.54. The Morgan fingerprint density at radius 2 is 1.27 bits per heavy atom. The molecule has 2 fully saturated rings. The highest BCUT2D eigenvalue weighted by atomic mass is 32.2. The third-order valence-corrected chi connectivity index (χ3v) is 6.51. The van der Waals surface area contributed by atoms with Crippen LogP contribution in [0.2, 0.25) is 0 Å². The molecule has 0 nitrogen and oxygen atoms in total. The molecule has 0 heterocycles. The van der Waals surface area contributed by atoms with Crippen LogP contribution >= 0.6 is 48.8 Å². The molecule has 0 unspecified atom stereocenters. The summed E-state index contributed by atoms with van der Waals surface area (Å²) < 4.78 is 0.706. The fourth-order valence-electron chi connectivity index (χ4n) is 0.751. The second-order valence-electron chi connectivity index (χ2n) is 3.30. The van der Waals surface area contributed by atoms with Crippen LogP contribution in [0.15, 0.2) is 0 Å². The summed E-state index contributed by atoms with van der Waals surface area (Å²) in [5.41, 5.74) is 0. The van der Waals surface area contributed by atoms with Gasteiger partial charge < -0.3 is 0 Å². The second kappa shape index (κ2) is 2.96. The predicted molar refractivity (Wildman–Crippen MR) is 62.0 cm³/mol. The van der Waals surface area contributed by atoms with E-state index in [0.29, 0.717) is 8.16 Å². The van der Waals surface area contributed by atoms with Gasteiger partial charge in [0.25, 0.3) is 0 Å². The third-order valence-electron chi connectivity index (χ3n) is 2.01. The minimum atomic E-state index is 0.353. The van der Waals surface area contributed by atoms with Crippen molar-refractivity contribution in [3.05, 3.63) is 0 Å². The van der Waals surface area contributed by atoms with Crippen LogP contribution in [-0.2, 0) is 0 Å². The van der Waals surface area contributed by atoms with Gasteiger partial charge in [-0.15, -0.1) is 23.5 Å². The Kier molecular flexibility index (Phi) is 2.42. The van der Waals surface area contributed by atoms with Crippen LogP contribution in [0, 0.1) is 0 Å². The Labute approximate surface area is 87.5 Å². The number of hydrogen-bond acceptors (Lipinski definition) is 4. The quantitative estimate of drug-likeness (QED) is 0.556. The Morgan fingerprint density at radius 3 is 1.55 bits per heavy atom. The largest absolute Gasteiger partial charge is 0.162 e. The van der Waals surface area contributed by atoms with E-state index in [1.165, 1.54) is 30.8 Å². The lowest BCUT2D eigenvalue weighted by molar-refractivity contribution is 1.40. The zero-order valence-electron chi connectivity index (χ0n) is 6.25. The number of hydrogen-bond donors (Lipinski definition) is 2. The van der Waals surface area contributed by atoms with Crippen molar-refractivity contribution in [3.8, 4) is 0 Å². The summed E-state index contributed by atoms with van der Waals surface area (Å²) in [5.74, 6) is 0. The highest BCUT2D eigenvalue weighted by molar-refractivity contribution is 8.24. The molecule has 0 aromatic carbocycles. The van der Waals surface area contributed by atoms with E-state index < -0.39 is 0 Å². The van der Waals surface area contributed by atoms with E-state index >= 15 is 0 Å². The highest BCUT2D eigenvalue weighted by Gasteiger charge is 2.42. The van der Waals surface area contributed by atoms with Gasteiger partial charge in [0, 0.05) is 5.08 Å². The lowest BCUT2D eigenvalue weighted by Crippen LogP contribution is -1.94. The summed E-state index contributed by atoms with van der Waals surface area (Å²) in [6.45, 7) is 0. The highest BCUT2D eigenvalue weighted by Crippen LogP contribution is 2.57. The smallest absolute Gasteiger partial charge is 0.0591 e. The lowest BCUT2D eigenvalue weighted by atomic mass is 10.9. The van der Waals surface area contributed by atoms with Crippen LogP contribution in [0.4, 0.5) is 0 Å². The van der Waals surface area contributed by atoms with Gasteiger partial charge in [-0.1, -0.05) is 0 Å². The van der Waals surface area contributed by atoms with Crippen LogP contribution in [0.25, 0.3) is 0 Å². The fourth-order valence-corrected chi connectivity index (χ4v) is 4.70. The minimum Gasteiger partial charge on any atom is -0.162 e. The summed E-state index contributed by atoms with van der Waals surface area (Å²) >= 11 is 13.1. The molecular weight excluding hydrogens is 212 g/mol. The molecule has 2 saturated carbocycles. The van der Waals surface area contributed by atoms with Gasteiger partial charge >= 0.3 is 0 Å². The summed E-state index contributed by atoms with van der Waals surface area (Å²) in [6, 6.07) is 0. The third kappa shape index (κ3) is 2.68. The Balaban J connectivity index is 1.60. The molecule has 0 aromatic heterocycles. The first-order valence-corrected chi connectivity index (χ1v) is 6.71. The molecular formula is C7H12S4. The summed E-state index contributed by atoms with van der Waals surface area (Å²) in [7, 11) is 0. The van der Waals surface area contributed by atoms with Crippen LogP contribution in [0.5, 0.6) is 0 Å². The molecule has 2 rings (SSSR count). The molecule has 0 saturated heterocycles. The topological polar surface area (TPSA) is 0 Å². The molecule has 0 aromatic rings. The van der Waals surface area contributed by atoms with Crippen molar-refractivity contribution in [2.75, 3.05) is 5.08 Å². The van der Waals surface area contributed by atoms with Gasteiger partial charge in [-0.2, -0.15) is 25.3 Å². The van der Waals surface area contributed by atoms with Crippen molar-refractivity contribution in [2.45, 2.75) is 33.8 Å². The first-order chi connectivity index (χ1) is 5.12. The Hall–Kier alpha value is 1.40. The van der Waals surface area contributed by atoms with E-state index in [9.17, 15) is 0 Å². The first-order valence-electron chi connectivity index (χ1n) is 3.85. The molecule has 11 heavy (non-hydrogen) atoms. The molecule has 0 amide bonds. The predicted octanol–water partition coefficient (Wildman–Crippen LogP) is 3.25. The van der Waals surface area contributed by atoms with Gasteiger partial charge in [0.2, 0.25) is 0 Å². The normalized spacial score (nSPS) is 30.0. The van der Waals surface area contributed by atoms with E-state index in [2.05, 4.69) is 25.3 Å². The van der Waals surface area contributed by atoms with Gasteiger partial charge in [0.1, 0.15) is 0 Å². The van der Waals surface area contributed by atoms with Gasteiger partial charge in [0.05, 0.1) is 8.16 Å². The zero-order valence-corrected chi connectivity index (χ0v) is 9.67. The van der Waals surface area contributed by atoms with Crippen molar-refractivity contribution in [1.29, 1.82) is 0 Å². The molecule has 0 spiro atoms. The molecule has 4 heteroatoms. The summed E-state index contributed by atoms with van der Waals surface area (Å²) in [5, 5.41) is 1.17. The van der Waals surface area contributed by atoms with E-state index in [1.807, 2.05) is 23.5 Å². The summed E-state index contributed by atoms with van der Waals surface area (Å²) in [6.07, 6.45) is 5.17. The van der Waals surface area contributed by atoms with Crippen molar-refractivity contribution in [3.63, 3.8) is 0 Å². The number of thiol groups is 2. The van der Waals surface area contributed by atoms with Crippen molar-refractivity contribution in [1.82, 2.24) is 0 Å². The van der Waals surface area contributed by atoms with Crippen molar-refractivity contribution >= 4 is 48.8 Å². The maximum Gasteiger partial charge on any atom is 0.0591 e. The van der Waals surface area contributed by atoms with Gasteiger partial charge in [-0.25, -0.2) is 0 Å². The summed E-state index contributed by atoms with van der Waals surface area (Å²) in [4.78, 5) is 0. The van der Waals surface area contributed by atoms with Gasteiger partial charge in [-0.3, -0.25) is 0 Å². The molecule has 2 aliphatic rings.